The molecule has 1 aromatic carbocycles. The van der Waals surface area contributed by atoms with Crippen LogP contribution in [0.5, 0.6) is 5.75 Å². The summed E-state index contributed by atoms with van der Waals surface area (Å²) in [5, 5.41) is 35.5. The Labute approximate surface area is 482 Å². The second-order valence-corrected chi connectivity index (χ2v) is 22.0. The molecule has 3 aliphatic rings. The molecule has 6 rings (SSSR count). The lowest BCUT2D eigenvalue weighted by Crippen LogP contribution is -2.58. The van der Waals surface area contributed by atoms with Crippen molar-refractivity contribution in [2.75, 3.05) is 164 Å². The zero-order valence-electron chi connectivity index (χ0n) is 46.2. The third-order valence-electron chi connectivity index (χ3n) is 13.5. The van der Waals surface area contributed by atoms with E-state index in [0.29, 0.717) is 121 Å². The quantitative estimate of drug-likeness (QED) is 0.00790. The van der Waals surface area contributed by atoms with E-state index in [1.165, 1.54) is 23.0 Å². The fourth-order valence-electron chi connectivity index (χ4n) is 9.15. The summed E-state index contributed by atoms with van der Waals surface area (Å²) < 4.78 is 125. The first kappa shape index (κ1) is 68.1. The largest absolute Gasteiger partial charge is 0.420 e. The van der Waals surface area contributed by atoms with Crippen LogP contribution in [0.4, 0.5) is 19.0 Å². The summed E-state index contributed by atoms with van der Waals surface area (Å²) in [7, 11) is -3.88. The van der Waals surface area contributed by atoms with E-state index in [0.717, 1.165) is 38.8 Å². The Hall–Kier alpha value is -4.03. The minimum Gasteiger partial charge on any atom is -0.420 e. The Morgan fingerprint density at radius 3 is 1.98 bits per heavy atom. The Balaban J connectivity index is 0.704. The highest BCUT2D eigenvalue weighted by Gasteiger charge is 2.52. The number of aliphatic hydroxyl groups excluding tert-OH is 3. The molecule has 1 unspecified atom stereocenters. The number of halogens is 4. The lowest BCUT2D eigenvalue weighted by atomic mass is 9.68. The second-order valence-electron chi connectivity index (χ2n) is 19.7. The minimum absolute atomic E-state index is 0.0628. The molecule has 2 saturated heterocycles. The second kappa shape index (κ2) is 34.3. The topological polar surface area (TPSA) is 357 Å². The third-order valence-corrected chi connectivity index (χ3v) is 15.2. The van der Waals surface area contributed by atoms with Crippen LogP contribution in [0.2, 0.25) is 5.28 Å². The number of hydrogen-bond acceptors (Lipinski definition) is 25. The van der Waals surface area contributed by atoms with Crippen LogP contribution in [-0.4, -0.2) is 244 Å². The molecule has 28 nitrogen and oxygen atoms in total. The summed E-state index contributed by atoms with van der Waals surface area (Å²) in [6.45, 7) is 4.81. The number of fused-ring (bicyclic) bond motifs is 1. The van der Waals surface area contributed by atoms with Crippen molar-refractivity contribution >= 4 is 42.0 Å². The van der Waals surface area contributed by atoms with Gasteiger partial charge in [0.2, 0.25) is 16.4 Å². The normalized spacial score (nSPS) is 20.1. The van der Waals surface area contributed by atoms with Gasteiger partial charge in [0, 0.05) is 43.9 Å². The van der Waals surface area contributed by atoms with E-state index in [2.05, 4.69) is 24.7 Å². The van der Waals surface area contributed by atoms with Crippen molar-refractivity contribution in [2.45, 2.75) is 68.1 Å². The number of hydrogen-bond donors (Lipinski definition) is 7. The van der Waals surface area contributed by atoms with E-state index >= 15 is 0 Å². The Morgan fingerprint density at radius 1 is 0.855 bits per heavy atom. The van der Waals surface area contributed by atoms with Gasteiger partial charge >= 0.3 is 13.6 Å². The number of nitrogens with zero attached hydrogens (tertiary/aromatic N) is 6. The molecule has 1 spiro atoms. The number of hydrazine groups is 1. The van der Waals surface area contributed by atoms with Crippen molar-refractivity contribution < 1.29 is 109 Å². The monoisotopic (exact) mass is 1230 g/mol. The summed E-state index contributed by atoms with van der Waals surface area (Å²) in [6.07, 6.45) is 1.01. The average molecular weight is 1230 g/mol. The number of benzene rings is 1. The number of methoxy groups -OCH3 is 1. The number of esters is 1. The van der Waals surface area contributed by atoms with Crippen molar-refractivity contribution in [3.8, 4) is 5.75 Å². The first-order chi connectivity index (χ1) is 39.9. The number of nitrogens with two attached hydrogens (primary N) is 2. The molecule has 0 radical (unpaired) electrons. The maximum absolute atomic E-state index is 13.6. The Morgan fingerprint density at radius 2 is 1.41 bits per heavy atom. The summed E-state index contributed by atoms with van der Waals surface area (Å²) in [6, 6.07) is 0.828. The minimum atomic E-state index is -5.06. The van der Waals surface area contributed by atoms with E-state index in [1.807, 2.05) is 0 Å². The fourth-order valence-corrected chi connectivity index (χ4v) is 10.0. The van der Waals surface area contributed by atoms with Crippen molar-refractivity contribution in [1.82, 2.24) is 24.8 Å². The molecule has 5 atom stereocenters. The number of carbonyl (C=O) groups is 1. The SMILES string of the molecule is COCC(CO)(OC[C@H]1O[C@@H](n2ncc3c(N4CC5(CCC(OCCOCCOCCOCCOC/C(N)=C/N(N)CCOCCOCCOCCOCCC(=O)Oc6c(F)cc(F)cc6F)CC5)C4)nc(Cl)nc32)[C@H](O)[C@@H]1O)P(=O)(O)O. The van der Waals surface area contributed by atoms with E-state index < -0.39 is 86.5 Å². The molecule has 470 valence electrons. The summed E-state index contributed by atoms with van der Waals surface area (Å²) in [5.74, 6) is 0.872. The molecule has 1 aliphatic carbocycles. The molecule has 2 aromatic heterocycles. The van der Waals surface area contributed by atoms with Gasteiger partial charge in [-0.05, 0) is 37.3 Å². The van der Waals surface area contributed by atoms with Crippen molar-refractivity contribution in [2.24, 2.45) is 17.0 Å². The van der Waals surface area contributed by atoms with Crippen LogP contribution >= 0.6 is 19.2 Å². The van der Waals surface area contributed by atoms with Crippen molar-refractivity contribution in [1.29, 1.82) is 0 Å². The molecular formula is C50H77ClF3N8O20P. The number of rotatable bonds is 41. The van der Waals surface area contributed by atoms with Gasteiger partial charge in [-0.3, -0.25) is 9.36 Å². The van der Waals surface area contributed by atoms with Crippen LogP contribution in [0, 0.1) is 22.9 Å². The lowest BCUT2D eigenvalue weighted by molar-refractivity contribution is -0.136. The summed E-state index contributed by atoms with van der Waals surface area (Å²) in [4.78, 5) is 42.4. The maximum Gasteiger partial charge on any atom is 0.361 e. The molecule has 0 amide bonds. The maximum atomic E-state index is 13.6. The zero-order chi connectivity index (χ0) is 59.8. The van der Waals surface area contributed by atoms with Gasteiger partial charge in [0.05, 0.1) is 168 Å². The molecule has 3 fully saturated rings. The Bertz CT molecular complexity index is 2490. The van der Waals surface area contributed by atoms with Crippen LogP contribution in [0.15, 0.2) is 30.2 Å². The predicted molar refractivity (Wildman–Crippen MR) is 285 cm³/mol. The highest BCUT2D eigenvalue weighted by atomic mass is 35.5. The molecule has 0 bridgehead atoms. The van der Waals surface area contributed by atoms with Crippen LogP contribution < -0.4 is 21.2 Å². The molecule has 83 heavy (non-hydrogen) atoms. The van der Waals surface area contributed by atoms with Crippen molar-refractivity contribution in [3.05, 3.63) is 53.0 Å². The van der Waals surface area contributed by atoms with Gasteiger partial charge in [0.25, 0.3) is 0 Å². The average Bonchev–Trinajstić information content (AvgIpc) is 4.25. The molecule has 3 aromatic rings. The molecular weight excluding hydrogens is 1160 g/mol. The van der Waals surface area contributed by atoms with Gasteiger partial charge in [0.1, 0.15) is 29.9 Å². The molecule has 4 heterocycles. The van der Waals surface area contributed by atoms with E-state index in [4.69, 9.17) is 80.0 Å². The van der Waals surface area contributed by atoms with E-state index in [9.17, 15) is 47.6 Å². The highest BCUT2D eigenvalue weighted by Crippen LogP contribution is 2.52. The highest BCUT2D eigenvalue weighted by molar-refractivity contribution is 7.53. The lowest BCUT2D eigenvalue weighted by Gasteiger charge is -2.54. The van der Waals surface area contributed by atoms with Crippen LogP contribution in [0.1, 0.15) is 38.3 Å². The molecule has 33 heteroatoms. The first-order valence-corrected chi connectivity index (χ1v) is 28.9. The number of anilines is 1. The van der Waals surface area contributed by atoms with E-state index in [-0.39, 0.29) is 55.3 Å². The van der Waals surface area contributed by atoms with Gasteiger partial charge in [-0.25, -0.2) is 23.7 Å². The van der Waals surface area contributed by atoms with E-state index in [1.54, 1.807) is 6.20 Å². The van der Waals surface area contributed by atoms with Gasteiger partial charge in [-0.15, -0.1) is 0 Å². The van der Waals surface area contributed by atoms with Gasteiger partial charge in [0.15, 0.2) is 23.5 Å². The standard InChI is InChI=1S/C50H77ClF3N8O20P/c1-70-33-50(32-63,83(67,68)69)80-29-40-42(65)43(66)47(81-40)62-46-37(26-57-62)45(58-48(51)59-46)60-30-49(31-60)5-2-36(3-6-49)79-23-22-77-19-18-75-16-17-76-20-21-78-28-35(55)27-61(56)7-9-72-11-13-74-15-14-73-12-10-71-8-4-41(64)82-44-38(53)24-34(52)25-39(44)54/h24-27,36,40,42-43,47,63,65-66H,2-23,28-33,55-56H2,1H3,(H2,67,68,69)/b35-27-/t40-,42-,43-,47-,50?/m1/s1. The van der Waals surface area contributed by atoms with Crippen LogP contribution in [0.25, 0.3) is 11.0 Å². The van der Waals surface area contributed by atoms with Crippen LogP contribution in [-0.2, 0) is 66.2 Å². The summed E-state index contributed by atoms with van der Waals surface area (Å²) >= 11 is 6.41. The zero-order valence-corrected chi connectivity index (χ0v) is 47.8. The molecule has 2 aliphatic heterocycles. The smallest absolute Gasteiger partial charge is 0.361 e. The molecule has 1 saturated carbocycles. The molecule has 9 N–H and O–H groups in total. The Kier molecular flexibility index (Phi) is 28.2. The summed E-state index contributed by atoms with van der Waals surface area (Å²) in [5.41, 5.74) is 6.76. The van der Waals surface area contributed by atoms with Crippen molar-refractivity contribution in [3.63, 3.8) is 0 Å². The van der Waals surface area contributed by atoms with Gasteiger partial charge in [-0.2, -0.15) is 15.1 Å². The third kappa shape index (κ3) is 20.8. The first-order valence-electron chi connectivity index (χ1n) is 26.9. The number of aliphatic hydroxyl groups is 3. The predicted octanol–water partition coefficient (Wildman–Crippen LogP) is 0.915. The number of aromatic nitrogens is 4. The number of ether oxygens (including phenoxy) is 13. The van der Waals surface area contributed by atoms with Crippen LogP contribution in [0.3, 0.4) is 0 Å². The fraction of sp³-hybridized carbons (Fsp3) is 0.720. The number of carbonyl (C=O) groups excluding carboxylic acids is 1. The van der Waals surface area contributed by atoms with Gasteiger partial charge in [-0.1, -0.05) is 0 Å². The van der Waals surface area contributed by atoms with Gasteiger partial charge < -0.3 is 102 Å².